The van der Waals surface area contributed by atoms with E-state index in [2.05, 4.69) is 41.7 Å². The molecule has 0 spiro atoms. The van der Waals surface area contributed by atoms with Crippen molar-refractivity contribution in [2.75, 3.05) is 5.32 Å². The van der Waals surface area contributed by atoms with Crippen LogP contribution in [-0.2, 0) is 11.2 Å². The number of benzene rings is 2. The summed E-state index contributed by atoms with van der Waals surface area (Å²) in [4.78, 5) is 12.4. The first kappa shape index (κ1) is 12.3. The fraction of sp³-hybridized carbons (Fsp3) is 0.188. The monoisotopic (exact) mass is 269 g/mol. The van der Waals surface area contributed by atoms with Crippen LogP contribution >= 0.6 is 11.8 Å². The molecule has 0 saturated heterocycles. The zero-order valence-electron chi connectivity index (χ0n) is 10.7. The molecule has 1 unspecified atom stereocenters. The highest BCUT2D eigenvalue weighted by molar-refractivity contribution is 7.99. The van der Waals surface area contributed by atoms with E-state index in [1.807, 2.05) is 23.9 Å². The average molecular weight is 269 g/mol. The van der Waals surface area contributed by atoms with Crippen LogP contribution in [0.3, 0.4) is 0 Å². The summed E-state index contributed by atoms with van der Waals surface area (Å²) in [5.41, 5.74) is 3.62. The maximum Gasteiger partial charge on any atom is 0.221 e. The Hall–Kier alpha value is -1.74. The lowest BCUT2D eigenvalue weighted by Crippen LogP contribution is -2.05. The minimum Gasteiger partial charge on any atom is -0.326 e. The Morgan fingerprint density at radius 2 is 2.00 bits per heavy atom. The third kappa shape index (κ3) is 2.66. The van der Waals surface area contributed by atoms with Gasteiger partial charge in [0.2, 0.25) is 5.91 Å². The van der Waals surface area contributed by atoms with Crippen LogP contribution in [0.4, 0.5) is 5.69 Å². The molecule has 1 N–H and O–H groups in total. The van der Waals surface area contributed by atoms with Gasteiger partial charge in [0.05, 0.1) is 0 Å². The van der Waals surface area contributed by atoms with Crippen LogP contribution in [-0.4, -0.2) is 5.91 Å². The van der Waals surface area contributed by atoms with Gasteiger partial charge in [0, 0.05) is 22.8 Å². The van der Waals surface area contributed by atoms with E-state index in [0.717, 1.165) is 12.1 Å². The second-order valence-electron chi connectivity index (χ2n) is 4.72. The molecule has 0 saturated carbocycles. The zero-order chi connectivity index (χ0) is 13.2. The summed E-state index contributed by atoms with van der Waals surface area (Å²) in [6.45, 7) is 1.53. The standard InChI is InChI=1S/C16H15NOS/c1-11(18)17-14-8-7-13-9-15(19-16(13)10-14)12-5-3-2-4-6-12/h2-8,10,15H,9H2,1H3,(H,17,18). The van der Waals surface area contributed by atoms with Crippen molar-refractivity contribution in [3.05, 3.63) is 59.7 Å². The lowest BCUT2D eigenvalue weighted by atomic mass is 10.0. The summed E-state index contributed by atoms with van der Waals surface area (Å²) < 4.78 is 0. The van der Waals surface area contributed by atoms with E-state index in [1.54, 1.807) is 0 Å². The Morgan fingerprint density at radius 1 is 1.21 bits per heavy atom. The molecule has 3 heteroatoms. The number of rotatable bonds is 2. The second kappa shape index (κ2) is 5.10. The smallest absolute Gasteiger partial charge is 0.221 e. The van der Waals surface area contributed by atoms with Gasteiger partial charge in [-0.05, 0) is 29.7 Å². The molecule has 0 fully saturated rings. The number of hydrogen-bond acceptors (Lipinski definition) is 2. The quantitative estimate of drug-likeness (QED) is 0.891. The largest absolute Gasteiger partial charge is 0.326 e. The number of amides is 1. The first-order valence-electron chi connectivity index (χ1n) is 6.34. The molecule has 1 amide bonds. The maximum absolute atomic E-state index is 11.1. The van der Waals surface area contributed by atoms with Crippen molar-refractivity contribution in [3.8, 4) is 0 Å². The highest BCUT2D eigenvalue weighted by atomic mass is 32.2. The van der Waals surface area contributed by atoms with Gasteiger partial charge in [0.25, 0.3) is 0 Å². The second-order valence-corrected chi connectivity index (χ2v) is 5.97. The zero-order valence-corrected chi connectivity index (χ0v) is 11.5. The Balaban J connectivity index is 1.82. The van der Waals surface area contributed by atoms with Crippen molar-refractivity contribution < 1.29 is 4.79 Å². The summed E-state index contributed by atoms with van der Waals surface area (Å²) in [5.74, 6) is -0.0254. The number of anilines is 1. The molecule has 2 aromatic carbocycles. The normalized spacial score (nSPS) is 17.0. The molecule has 1 aliphatic heterocycles. The topological polar surface area (TPSA) is 29.1 Å². The minimum atomic E-state index is -0.0254. The Morgan fingerprint density at radius 3 is 2.74 bits per heavy atom. The van der Waals surface area contributed by atoms with Crippen molar-refractivity contribution in [2.24, 2.45) is 0 Å². The Kier molecular flexibility index (Phi) is 3.30. The minimum absolute atomic E-state index is 0.0254. The molecule has 1 atom stereocenters. The van der Waals surface area contributed by atoms with E-state index >= 15 is 0 Å². The molecule has 2 nitrogen and oxygen atoms in total. The highest BCUT2D eigenvalue weighted by Gasteiger charge is 2.23. The SMILES string of the molecule is CC(=O)Nc1ccc2c(c1)SC(c1ccccc1)C2. The van der Waals surface area contributed by atoms with Gasteiger partial charge >= 0.3 is 0 Å². The van der Waals surface area contributed by atoms with E-state index < -0.39 is 0 Å². The van der Waals surface area contributed by atoms with Crippen LogP contribution in [0.1, 0.15) is 23.3 Å². The molecule has 0 aliphatic carbocycles. The number of hydrogen-bond donors (Lipinski definition) is 1. The fourth-order valence-electron chi connectivity index (χ4n) is 2.36. The predicted molar refractivity (Wildman–Crippen MR) is 79.5 cm³/mol. The van der Waals surface area contributed by atoms with Gasteiger partial charge in [0.1, 0.15) is 0 Å². The maximum atomic E-state index is 11.1. The van der Waals surface area contributed by atoms with Crippen LogP contribution in [0.2, 0.25) is 0 Å². The molecule has 96 valence electrons. The number of carbonyl (C=O) groups is 1. The fourth-order valence-corrected chi connectivity index (χ4v) is 3.72. The third-order valence-corrected chi connectivity index (χ3v) is 4.59. The number of fused-ring (bicyclic) bond motifs is 1. The summed E-state index contributed by atoms with van der Waals surface area (Å²) in [7, 11) is 0. The molecule has 0 bridgehead atoms. The molecule has 0 aromatic heterocycles. The van der Waals surface area contributed by atoms with E-state index in [-0.39, 0.29) is 5.91 Å². The van der Waals surface area contributed by atoms with E-state index in [1.165, 1.54) is 22.9 Å². The lowest BCUT2D eigenvalue weighted by molar-refractivity contribution is -0.114. The molecule has 2 aromatic rings. The van der Waals surface area contributed by atoms with Gasteiger partial charge in [-0.3, -0.25) is 4.79 Å². The molecule has 19 heavy (non-hydrogen) atoms. The molecule has 0 radical (unpaired) electrons. The van der Waals surface area contributed by atoms with Gasteiger partial charge < -0.3 is 5.32 Å². The average Bonchev–Trinajstić information content (AvgIpc) is 2.82. The number of thioether (sulfide) groups is 1. The molecular formula is C16H15NOS. The van der Waals surface area contributed by atoms with Gasteiger partial charge in [0.15, 0.2) is 0 Å². The number of nitrogens with one attached hydrogen (secondary N) is 1. The molecule has 1 aliphatic rings. The third-order valence-electron chi connectivity index (χ3n) is 3.23. The Labute approximate surface area is 117 Å². The predicted octanol–water partition coefficient (Wildman–Crippen LogP) is 4.03. The molecular weight excluding hydrogens is 254 g/mol. The van der Waals surface area contributed by atoms with Gasteiger partial charge in [-0.15, -0.1) is 11.8 Å². The van der Waals surface area contributed by atoms with Crippen LogP contribution in [0.25, 0.3) is 0 Å². The first-order chi connectivity index (χ1) is 9.22. The van der Waals surface area contributed by atoms with Crippen molar-refractivity contribution in [1.29, 1.82) is 0 Å². The summed E-state index contributed by atoms with van der Waals surface area (Å²) >= 11 is 1.88. The first-order valence-corrected chi connectivity index (χ1v) is 7.22. The van der Waals surface area contributed by atoms with Crippen LogP contribution in [0.5, 0.6) is 0 Å². The molecule has 3 rings (SSSR count). The summed E-state index contributed by atoms with van der Waals surface area (Å²) in [5, 5.41) is 3.33. The van der Waals surface area contributed by atoms with Crippen LogP contribution in [0.15, 0.2) is 53.4 Å². The van der Waals surface area contributed by atoms with Crippen molar-refractivity contribution in [3.63, 3.8) is 0 Å². The number of carbonyl (C=O) groups excluding carboxylic acids is 1. The van der Waals surface area contributed by atoms with Crippen molar-refractivity contribution in [2.45, 2.75) is 23.5 Å². The van der Waals surface area contributed by atoms with Crippen molar-refractivity contribution in [1.82, 2.24) is 0 Å². The van der Waals surface area contributed by atoms with Crippen LogP contribution in [0, 0.1) is 0 Å². The summed E-state index contributed by atoms with van der Waals surface area (Å²) in [6, 6.07) is 16.7. The van der Waals surface area contributed by atoms with Crippen molar-refractivity contribution >= 4 is 23.4 Å². The lowest BCUT2D eigenvalue weighted by Gasteiger charge is -2.07. The van der Waals surface area contributed by atoms with Crippen LogP contribution < -0.4 is 5.32 Å². The Bertz CT molecular complexity index is 609. The highest BCUT2D eigenvalue weighted by Crippen LogP contribution is 2.47. The molecule has 1 heterocycles. The van der Waals surface area contributed by atoms with Gasteiger partial charge in [-0.1, -0.05) is 36.4 Å². The van der Waals surface area contributed by atoms with Gasteiger partial charge in [-0.25, -0.2) is 0 Å². The van der Waals surface area contributed by atoms with Gasteiger partial charge in [-0.2, -0.15) is 0 Å². The summed E-state index contributed by atoms with van der Waals surface area (Å²) in [6.07, 6.45) is 1.06. The van der Waals surface area contributed by atoms with E-state index in [4.69, 9.17) is 0 Å². The van der Waals surface area contributed by atoms with E-state index in [0.29, 0.717) is 5.25 Å². The van der Waals surface area contributed by atoms with E-state index in [9.17, 15) is 4.79 Å².